The van der Waals surface area contributed by atoms with Gasteiger partial charge < -0.3 is 24.3 Å². The highest BCUT2D eigenvalue weighted by atomic mass is 16.6. The van der Waals surface area contributed by atoms with Gasteiger partial charge in [0, 0.05) is 12.3 Å². The van der Waals surface area contributed by atoms with Gasteiger partial charge in [-0.05, 0) is 25.0 Å². The Morgan fingerprint density at radius 1 is 0.800 bits per heavy atom. The van der Waals surface area contributed by atoms with Crippen LogP contribution >= 0.6 is 0 Å². The van der Waals surface area contributed by atoms with Crippen molar-refractivity contribution in [2.75, 3.05) is 18.5 Å². The van der Waals surface area contributed by atoms with E-state index in [9.17, 15) is 9.59 Å². The van der Waals surface area contributed by atoms with Crippen LogP contribution in [0, 0.1) is 0 Å². The number of esters is 2. The minimum Gasteiger partial charge on any atom is -0.485 e. The summed E-state index contributed by atoms with van der Waals surface area (Å²) in [6.45, 7) is 4.21. The van der Waals surface area contributed by atoms with Crippen LogP contribution in [0.1, 0.15) is 25.0 Å². The van der Waals surface area contributed by atoms with Gasteiger partial charge in [-0.15, -0.1) is 0 Å². The topological polar surface area (TPSA) is 96.0 Å². The zero-order chi connectivity index (χ0) is 24.9. The molecule has 8 heteroatoms. The third-order valence-electron chi connectivity index (χ3n) is 4.66. The molecule has 0 atom stereocenters. The Morgan fingerprint density at radius 3 is 1.83 bits per heavy atom. The maximum absolute atomic E-state index is 12.2. The highest BCUT2D eigenvalue weighted by molar-refractivity contribution is 6.14. The maximum atomic E-state index is 12.2. The fourth-order valence-corrected chi connectivity index (χ4v) is 2.96. The Bertz CT molecular complexity index is 1110. The Morgan fingerprint density at radius 2 is 1.31 bits per heavy atom. The van der Waals surface area contributed by atoms with Crippen molar-refractivity contribution in [1.29, 1.82) is 0 Å². The Labute approximate surface area is 204 Å². The largest absolute Gasteiger partial charge is 0.485 e. The second-order valence-corrected chi connectivity index (χ2v) is 7.21. The van der Waals surface area contributed by atoms with Crippen molar-refractivity contribution in [2.24, 2.45) is 0 Å². The third kappa shape index (κ3) is 7.89. The van der Waals surface area contributed by atoms with E-state index >= 15 is 0 Å². The third-order valence-corrected chi connectivity index (χ3v) is 4.66. The smallest absolute Gasteiger partial charge is 0.347 e. The van der Waals surface area contributed by atoms with E-state index in [4.69, 9.17) is 18.9 Å². The highest BCUT2D eigenvalue weighted by Gasteiger charge is 2.21. The summed E-state index contributed by atoms with van der Waals surface area (Å²) in [4.78, 5) is 28.7. The molecule has 2 aromatic carbocycles. The van der Waals surface area contributed by atoms with Gasteiger partial charge in [-0.3, -0.25) is 0 Å². The van der Waals surface area contributed by atoms with Crippen LogP contribution in [0.5, 0.6) is 11.5 Å². The lowest BCUT2D eigenvalue weighted by Gasteiger charge is -2.14. The Kier molecular flexibility index (Phi) is 9.68. The van der Waals surface area contributed by atoms with Crippen LogP contribution in [-0.4, -0.2) is 30.1 Å². The lowest BCUT2D eigenvalue weighted by Crippen LogP contribution is -2.19. The molecular weight excluding hydrogens is 448 g/mol. The first-order valence-electron chi connectivity index (χ1n) is 11.2. The van der Waals surface area contributed by atoms with Gasteiger partial charge in [0.05, 0.1) is 19.4 Å². The number of ether oxygens (including phenoxy) is 4. The molecular formula is C27H28N2O6. The second kappa shape index (κ2) is 13.4. The van der Waals surface area contributed by atoms with Gasteiger partial charge in [-0.25, -0.2) is 14.6 Å². The molecule has 0 spiro atoms. The van der Waals surface area contributed by atoms with Gasteiger partial charge in [0.2, 0.25) is 0 Å². The van der Waals surface area contributed by atoms with Crippen LogP contribution in [0.4, 0.5) is 5.82 Å². The molecule has 0 aliphatic rings. The first-order chi connectivity index (χ1) is 17.1. The number of nitrogens with zero attached hydrogens (tertiary/aromatic N) is 1. The lowest BCUT2D eigenvalue weighted by molar-refractivity contribution is -0.146. The molecule has 8 nitrogen and oxygen atoms in total. The first-order valence-corrected chi connectivity index (χ1v) is 11.2. The standard InChI is InChI=1S/C27H28N2O6/c1-3-32-26(30)22(27(31)33-4-2)16-28-25-15-23(34-18-20-11-7-5-8-12-20)24(17-29-25)35-19-21-13-9-6-10-14-21/h5-17H,3-4,18-19H2,1-2H3,(H,28,29). The van der Waals surface area contributed by atoms with Crippen LogP contribution in [-0.2, 0) is 32.3 Å². The molecule has 3 rings (SSSR count). The van der Waals surface area contributed by atoms with Crippen molar-refractivity contribution >= 4 is 17.8 Å². The van der Waals surface area contributed by atoms with E-state index in [1.54, 1.807) is 19.9 Å². The number of pyridine rings is 1. The zero-order valence-electron chi connectivity index (χ0n) is 19.7. The molecule has 0 amide bonds. The molecule has 0 saturated carbocycles. The summed E-state index contributed by atoms with van der Waals surface area (Å²) in [5.41, 5.74) is 1.71. The van der Waals surface area contributed by atoms with Gasteiger partial charge in [0.25, 0.3) is 0 Å². The van der Waals surface area contributed by atoms with Crippen LogP contribution < -0.4 is 14.8 Å². The van der Waals surface area contributed by atoms with Gasteiger partial charge in [0.1, 0.15) is 19.0 Å². The normalized spacial score (nSPS) is 10.1. The van der Waals surface area contributed by atoms with E-state index in [-0.39, 0.29) is 18.8 Å². The van der Waals surface area contributed by atoms with Crippen molar-refractivity contribution in [1.82, 2.24) is 4.98 Å². The average molecular weight is 477 g/mol. The molecule has 182 valence electrons. The van der Waals surface area contributed by atoms with Gasteiger partial charge in [0.15, 0.2) is 17.1 Å². The molecule has 0 bridgehead atoms. The van der Waals surface area contributed by atoms with E-state index in [0.717, 1.165) is 11.1 Å². The van der Waals surface area contributed by atoms with E-state index < -0.39 is 11.9 Å². The minimum absolute atomic E-state index is 0.124. The van der Waals surface area contributed by atoms with E-state index in [2.05, 4.69) is 10.3 Å². The summed E-state index contributed by atoms with van der Waals surface area (Å²) in [5.74, 6) is -0.338. The van der Waals surface area contributed by atoms with E-state index in [1.165, 1.54) is 12.4 Å². The summed E-state index contributed by atoms with van der Waals surface area (Å²) in [6.07, 6.45) is 2.73. The SMILES string of the molecule is CCOC(=O)C(=CNc1cc(OCc2ccccc2)c(OCc2ccccc2)cn1)C(=O)OCC. The number of hydrogen-bond acceptors (Lipinski definition) is 8. The van der Waals surface area contributed by atoms with Crippen molar-refractivity contribution < 1.29 is 28.5 Å². The molecule has 0 aliphatic carbocycles. The summed E-state index contributed by atoms with van der Waals surface area (Å²) in [6, 6.07) is 21.1. The number of rotatable bonds is 12. The monoisotopic (exact) mass is 476 g/mol. The van der Waals surface area contributed by atoms with Crippen LogP contribution in [0.25, 0.3) is 0 Å². The quantitative estimate of drug-likeness (QED) is 0.175. The Balaban J connectivity index is 1.81. The maximum Gasteiger partial charge on any atom is 0.347 e. The number of benzene rings is 2. The van der Waals surface area contributed by atoms with E-state index in [1.807, 2.05) is 60.7 Å². The Hall–Kier alpha value is -4.33. The fraction of sp³-hybridized carbons (Fsp3) is 0.222. The van der Waals surface area contributed by atoms with Crippen molar-refractivity contribution in [3.05, 3.63) is 95.8 Å². The number of aromatic nitrogens is 1. The molecule has 0 fully saturated rings. The summed E-state index contributed by atoms with van der Waals surface area (Å²) < 4.78 is 21.9. The van der Waals surface area contributed by atoms with Crippen LogP contribution in [0.15, 0.2) is 84.7 Å². The van der Waals surface area contributed by atoms with Crippen LogP contribution in [0.2, 0.25) is 0 Å². The van der Waals surface area contributed by atoms with E-state index in [0.29, 0.717) is 30.5 Å². The summed E-state index contributed by atoms with van der Waals surface area (Å²) in [7, 11) is 0. The van der Waals surface area contributed by atoms with Gasteiger partial charge >= 0.3 is 11.9 Å². The zero-order valence-corrected chi connectivity index (χ0v) is 19.7. The first kappa shape index (κ1) is 25.3. The predicted molar refractivity (Wildman–Crippen MR) is 131 cm³/mol. The number of hydrogen-bond donors (Lipinski definition) is 1. The molecule has 35 heavy (non-hydrogen) atoms. The number of anilines is 1. The average Bonchev–Trinajstić information content (AvgIpc) is 2.88. The van der Waals surface area contributed by atoms with Crippen molar-refractivity contribution in [3.63, 3.8) is 0 Å². The molecule has 0 radical (unpaired) electrons. The molecule has 1 N–H and O–H groups in total. The van der Waals surface area contributed by atoms with Crippen molar-refractivity contribution in [3.8, 4) is 11.5 Å². The van der Waals surface area contributed by atoms with Gasteiger partial charge in [-0.1, -0.05) is 60.7 Å². The molecule has 0 saturated heterocycles. The number of carbonyl (C=O) groups excluding carboxylic acids is 2. The summed E-state index contributed by atoms with van der Waals surface area (Å²) >= 11 is 0. The van der Waals surface area contributed by atoms with Crippen molar-refractivity contribution in [2.45, 2.75) is 27.1 Å². The molecule has 3 aromatic rings. The molecule has 1 aromatic heterocycles. The second-order valence-electron chi connectivity index (χ2n) is 7.21. The lowest BCUT2D eigenvalue weighted by atomic mass is 10.2. The fourth-order valence-electron chi connectivity index (χ4n) is 2.96. The van der Waals surface area contributed by atoms with Gasteiger partial charge in [-0.2, -0.15) is 0 Å². The molecule has 0 unspecified atom stereocenters. The highest BCUT2D eigenvalue weighted by Crippen LogP contribution is 2.30. The number of nitrogens with one attached hydrogen (secondary N) is 1. The molecule has 1 heterocycles. The number of carbonyl (C=O) groups is 2. The molecule has 0 aliphatic heterocycles. The van der Waals surface area contributed by atoms with Crippen LogP contribution in [0.3, 0.4) is 0 Å². The minimum atomic E-state index is -0.790. The summed E-state index contributed by atoms with van der Waals surface area (Å²) in [5, 5.41) is 2.85. The predicted octanol–water partition coefficient (Wildman–Crippen LogP) is 4.66.